The van der Waals surface area contributed by atoms with Gasteiger partial charge in [-0.2, -0.15) is 0 Å². The Morgan fingerprint density at radius 2 is 1.87 bits per heavy atom. The van der Waals surface area contributed by atoms with Gasteiger partial charge < -0.3 is 4.74 Å². The van der Waals surface area contributed by atoms with Crippen LogP contribution in [0.4, 0.5) is 5.13 Å². The lowest BCUT2D eigenvalue weighted by atomic mass is 10.1. The summed E-state index contributed by atoms with van der Waals surface area (Å²) in [5, 5.41) is 5.08. The number of hydrogen-bond donors (Lipinski definition) is 1. The number of anilines is 1. The smallest absolute Gasteiger partial charge is 0.341 e. The van der Waals surface area contributed by atoms with E-state index in [-0.39, 0.29) is 5.56 Å². The second-order valence-corrected chi connectivity index (χ2v) is 7.78. The van der Waals surface area contributed by atoms with Gasteiger partial charge in [-0.15, -0.1) is 11.3 Å². The molecule has 0 aliphatic rings. The zero-order valence-corrected chi connectivity index (χ0v) is 17.8. The third-order valence-corrected chi connectivity index (χ3v) is 5.47. The van der Waals surface area contributed by atoms with Crippen molar-refractivity contribution >= 4 is 39.4 Å². The van der Waals surface area contributed by atoms with E-state index in [0.29, 0.717) is 22.6 Å². The van der Waals surface area contributed by atoms with Gasteiger partial charge in [0.25, 0.3) is 5.91 Å². The molecule has 0 aliphatic carbocycles. The quantitative estimate of drug-likeness (QED) is 0.446. The first-order chi connectivity index (χ1) is 15.0. The number of amides is 1. The van der Waals surface area contributed by atoms with E-state index in [1.165, 1.54) is 17.5 Å². The molecule has 4 aromatic rings. The van der Waals surface area contributed by atoms with Crippen molar-refractivity contribution < 1.29 is 14.3 Å². The van der Waals surface area contributed by atoms with Crippen LogP contribution in [0.1, 0.15) is 29.3 Å². The van der Waals surface area contributed by atoms with E-state index in [4.69, 9.17) is 4.74 Å². The molecule has 2 aromatic heterocycles. The Labute approximate surface area is 183 Å². The molecule has 1 amide bonds. The summed E-state index contributed by atoms with van der Waals surface area (Å²) in [6.45, 7) is 3.80. The molecule has 8 heteroatoms. The molecule has 31 heavy (non-hydrogen) atoms. The Morgan fingerprint density at radius 3 is 2.65 bits per heavy atom. The zero-order chi connectivity index (χ0) is 21.8. The Kier molecular flexibility index (Phi) is 5.99. The maximum atomic E-state index is 12.7. The number of carbonyl (C=O) groups excluding carboxylic acids is 2. The lowest BCUT2D eigenvalue weighted by Crippen LogP contribution is -2.32. The van der Waals surface area contributed by atoms with Gasteiger partial charge in [0, 0.05) is 23.3 Å². The van der Waals surface area contributed by atoms with Gasteiger partial charge >= 0.3 is 5.97 Å². The van der Waals surface area contributed by atoms with Crippen LogP contribution < -0.4 is 5.32 Å². The molecule has 156 valence electrons. The third kappa shape index (κ3) is 4.59. The molecule has 1 atom stereocenters. The molecule has 1 unspecified atom stereocenters. The molecular weight excluding hydrogens is 412 g/mol. The minimum absolute atomic E-state index is 0.271. The van der Waals surface area contributed by atoms with Crippen molar-refractivity contribution in [2.24, 2.45) is 0 Å². The minimum Gasteiger partial charge on any atom is -0.449 e. The van der Waals surface area contributed by atoms with Crippen LogP contribution in [-0.4, -0.2) is 32.9 Å². The lowest BCUT2D eigenvalue weighted by molar-refractivity contribution is -0.124. The van der Waals surface area contributed by atoms with E-state index in [1.807, 2.05) is 36.6 Å². The maximum absolute atomic E-state index is 12.7. The highest BCUT2D eigenvalue weighted by molar-refractivity contribution is 7.14. The van der Waals surface area contributed by atoms with E-state index in [0.717, 1.165) is 16.8 Å². The SMILES string of the molecule is CCC(OC(=O)c1cccc2nccnc12)C(=O)Nc1nc(-c2ccc(C)cc2)cs1. The Hall–Kier alpha value is -3.65. The zero-order valence-electron chi connectivity index (χ0n) is 17.0. The lowest BCUT2D eigenvalue weighted by Gasteiger charge is -2.15. The number of ether oxygens (including phenoxy) is 1. The number of rotatable bonds is 6. The highest BCUT2D eigenvalue weighted by Gasteiger charge is 2.24. The molecule has 0 aliphatic heterocycles. The highest BCUT2D eigenvalue weighted by Crippen LogP contribution is 2.25. The average Bonchev–Trinajstić information content (AvgIpc) is 3.25. The number of esters is 1. The molecule has 0 saturated carbocycles. The van der Waals surface area contributed by atoms with Gasteiger partial charge in [0.15, 0.2) is 11.2 Å². The number of nitrogens with zero attached hydrogens (tertiary/aromatic N) is 3. The summed E-state index contributed by atoms with van der Waals surface area (Å²) in [6.07, 6.45) is 2.44. The van der Waals surface area contributed by atoms with Gasteiger partial charge in [-0.1, -0.05) is 42.8 Å². The summed E-state index contributed by atoms with van der Waals surface area (Å²) in [5.41, 5.74) is 4.20. The normalized spacial score (nSPS) is 11.8. The second-order valence-electron chi connectivity index (χ2n) is 6.93. The van der Waals surface area contributed by atoms with Gasteiger partial charge in [0.1, 0.15) is 5.52 Å². The van der Waals surface area contributed by atoms with Gasteiger partial charge in [-0.05, 0) is 25.5 Å². The molecule has 0 bridgehead atoms. The van der Waals surface area contributed by atoms with Gasteiger partial charge in [0.05, 0.1) is 16.8 Å². The van der Waals surface area contributed by atoms with Crippen LogP contribution in [0.5, 0.6) is 0 Å². The third-order valence-electron chi connectivity index (χ3n) is 4.71. The molecule has 1 N–H and O–H groups in total. The Balaban J connectivity index is 1.46. The Bertz CT molecular complexity index is 1230. The predicted octanol–water partition coefficient (Wildman–Crippen LogP) is 4.64. The first-order valence-electron chi connectivity index (χ1n) is 9.79. The molecule has 0 spiro atoms. The number of nitrogens with one attached hydrogen (secondary N) is 1. The molecule has 4 rings (SSSR count). The van der Waals surface area contributed by atoms with Crippen LogP contribution in [0.2, 0.25) is 0 Å². The summed E-state index contributed by atoms with van der Waals surface area (Å²) in [7, 11) is 0. The molecule has 0 fully saturated rings. The standard InChI is InChI=1S/C23H20N4O3S/c1-3-19(30-22(29)16-5-4-6-17-20(16)25-12-11-24-17)21(28)27-23-26-18(13-31-23)15-9-7-14(2)8-10-15/h4-13,19H,3H2,1-2H3,(H,26,27,28). The summed E-state index contributed by atoms with van der Waals surface area (Å²) < 4.78 is 5.49. The number of benzene rings is 2. The van der Waals surface area contributed by atoms with Crippen LogP contribution >= 0.6 is 11.3 Å². The number of hydrogen-bond acceptors (Lipinski definition) is 7. The molecular formula is C23H20N4O3S. The largest absolute Gasteiger partial charge is 0.449 e. The second kappa shape index (κ2) is 9.01. The summed E-state index contributed by atoms with van der Waals surface area (Å²) in [5.74, 6) is -1.04. The van der Waals surface area contributed by atoms with Crippen LogP contribution in [0.15, 0.2) is 60.2 Å². The molecule has 2 heterocycles. The van der Waals surface area contributed by atoms with Crippen molar-refractivity contribution in [1.82, 2.24) is 15.0 Å². The van der Waals surface area contributed by atoms with Crippen molar-refractivity contribution in [3.8, 4) is 11.3 Å². The fourth-order valence-electron chi connectivity index (χ4n) is 3.05. The Morgan fingerprint density at radius 1 is 1.10 bits per heavy atom. The predicted molar refractivity (Wildman–Crippen MR) is 120 cm³/mol. The van der Waals surface area contributed by atoms with Crippen molar-refractivity contribution in [2.75, 3.05) is 5.32 Å². The number of para-hydroxylation sites is 1. The van der Waals surface area contributed by atoms with Gasteiger partial charge in [-0.3, -0.25) is 20.1 Å². The fourth-order valence-corrected chi connectivity index (χ4v) is 3.77. The van der Waals surface area contributed by atoms with E-state index >= 15 is 0 Å². The highest BCUT2D eigenvalue weighted by atomic mass is 32.1. The van der Waals surface area contributed by atoms with Gasteiger partial charge in [-0.25, -0.2) is 9.78 Å². The number of aryl methyl sites for hydroxylation is 1. The first-order valence-corrected chi connectivity index (χ1v) is 10.7. The van der Waals surface area contributed by atoms with Crippen LogP contribution in [0.25, 0.3) is 22.3 Å². The van der Waals surface area contributed by atoms with Crippen molar-refractivity contribution in [3.63, 3.8) is 0 Å². The minimum atomic E-state index is -0.953. The maximum Gasteiger partial charge on any atom is 0.341 e. The van der Waals surface area contributed by atoms with E-state index < -0.39 is 18.0 Å². The summed E-state index contributed by atoms with van der Waals surface area (Å²) in [6, 6.07) is 13.1. The fraction of sp³-hybridized carbons (Fsp3) is 0.174. The van der Waals surface area contributed by atoms with Crippen molar-refractivity contribution in [3.05, 3.63) is 71.4 Å². The number of fused-ring (bicyclic) bond motifs is 1. The topological polar surface area (TPSA) is 94.1 Å². The van der Waals surface area contributed by atoms with Crippen LogP contribution in [0.3, 0.4) is 0 Å². The van der Waals surface area contributed by atoms with Gasteiger partial charge in [0.2, 0.25) is 0 Å². The molecule has 0 radical (unpaired) electrons. The number of aromatic nitrogens is 3. The summed E-state index contributed by atoms with van der Waals surface area (Å²) >= 11 is 1.32. The molecule has 7 nitrogen and oxygen atoms in total. The monoisotopic (exact) mass is 432 g/mol. The average molecular weight is 433 g/mol. The van der Waals surface area contributed by atoms with Crippen molar-refractivity contribution in [1.29, 1.82) is 0 Å². The van der Waals surface area contributed by atoms with E-state index in [9.17, 15) is 9.59 Å². The molecule has 0 saturated heterocycles. The summed E-state index contributed by atoms with van der Waals surface area (Å²) in [4.78, 5) is 38.3. The van der Waals surface area contributed by atoms with Crippen molar-refractivity contribution in [2.45, 2.75) is 26.4 Å². The van der Waals surface area contributed by atoms with E-state index in [1.54, 1.807) is 31.3 Å². The number of thiazole rings is 1. The molecule has 2 aromatic carbocycles. The van der Waals surface area contributed by atoms with E-state index in [2.05, 4.69) is 20.3 Å². The van der Waals surface area contributed by atoms with Crippen LogP contribution in [-0.2, 0) is 9.53 Å². The number of carbonyl (C=O) groups is 2. The first kappa shape index (κ1) is 20.6. The van der Waals surface area contributed by atoms with Crippen LogP contribution in [0, 0.1) is 6.92 Å².